The van der Waals surface area contributed by atoms with E-state index >= 15 is 0 Å². The molecule has 1 aliphatic heterocycles. The van der Waals surface area contributed by atoms with Crippen molar-refractivity contribution >= 4 is 5.97 Å². The fourth-order valence-corrected chi connectivity index (χ4v) is 3.66. The van der Waals surface area contributed by atoms with E-state index in [2.05, 4.69) is 20.0 Å². The first-order chi connectivity index (χ1) is 13.1. The maximum absolute atomic E-state index is 11.4. The minimum atomic E-state index is -0.958. The van der Waals surface area contributed by atoms with Crippen molar-refractivity contribution < 1.29 is 9.90 Å². The average Bonchev–Trinajstić information content (AvgIpc) is 3.32. The Morgan fingerprint density at radius 2 is 2.11 bits per heavy atom. The quantitative estimate of drug-likeness (QED) is 0.750. The van der Waals surface area contributed by atoms with Gasteiger partial charge in [-0.3, -0.25) is 14.9 Å². The Morgan fingerprint density at radius 3 is 2.93 bits per heavy atom. The number of hydrogen-bond donors (Lipinski definition) is 1. The molecule has 2 aromatic heterocycles. The Balaban J connectivity index is 1.55. The van der Waals surface area contributed by atoms with Crippen LogP contribution in [-0.4, -0.2) is 42.3 Å². The molecule has 3 heterocycles. The van der Waals surface area contributed by atoms with Crippen molar-refractivity contribution in [2.24, 2.45) is 0 Å². The fourth-order valence-electron chi connectivity index (χ4n) is 3.66. The van der Waals surface area contributed by atoms with Crippen LogP contribution >= 0.6 is 0 Å². The molecular formula is C20H21N5O2. The van der Waals surface area contributed by atoms with E-state index in [0.29, 0.717) is 5.69 Å². The van der Waals surface area contributed by atoms with Crippen molar-refractivity contribution in [1.29, 1.82) is 0 Å². The maximum atomic E-state index is 11.4. The summed E-state index contributed by atoms with van der Waals surface area (Å²) in [6, 6.07) is 7.14. The monoisotopic (exact) mass is 363 g/mol. The number of carbonyl (C=O) groups is 1. The van der Waals surface area contributed by atoms with Gasteiger partial charge in [0.1, 0.15) is 0 Å². The molecule has 0 unspecified atom stereocenters. The molecule has 0 saturated carbocycles. The fraction of sp³-hybridized carbons (Fsp3) is 0.300. The van der Waals surface area contributed by atoms with Crippen LogP contribution in [0, 0.1) is 6.92 Å². The van der Waals surface area contributed by atoms with E-state index in [9.17, 15) is 9.90 Å². The predicted octanol–water partition coefficient (Wildman–Crippen LogP) is 3.01. The van der Waals surface area contributed by atoms with Gasteiger partial charge in [-0.1, -0.05) is 12.1 Å². The van der Waals surface area contributed by atoms with Crippen LogP contribution in [0.4, 0.5) is 0 Å². The average molecular weight is 363 g/mol. The van der Waals surface area contributed by atoms with Gasteiger partial charge in [-0.25, -0.2) is 9.48 Å². The van der Waals surface area contributed by atoms with E-state index in [1.54, 1.807) is 35.3 Å². The number of likely N-dealkylation sites (tertiary alicyclic amines) is 1. The maximum Gasteiger partial charge on any atom is 0.337 e. The molecule has 1 aromatic carbocycles. The van der Waals surface area contributed by atoms with E-state index in [1.165, 1.54) is 0 Å². The lowest BCUT2D eigenvalue weighted by Gasteiger charge is -2.23. The molecule has 0 aliphatic carbocycles. The number of nitrogens with zero attached hydrogens (tertiary/aromatic N) is 5. The van der Waals surface area contributed by atoms with E-state index in [0.717, 1.165) is 42.9 Å². The van der Waals surface area contributed by atoms with Gasteiger partial charge in [0, 0.05) is 30.7 Å². The van der Waals surface area contributed by atoms with Crippen LogP contribution in [0.3, 0.4) is 0 Å². The molecule has 1 atom stereocenters. The Hall–Kier alpha value is -3.06. The molecule has 0 amide bonds. The number of aromatic nitrogens is 4. The van der Waals surface area contributed by atoms with Gasteiger partial charge in [0.05, 0.1) is 34.9 Å². The number of aryl methyl sites for hydroxylation is 1. The molecule has 4 rings (SSSR count). The Kier molecular flexibility index (Phi) is 4.68. The number of carboxylic acid groups (broad SMARTS) is 1. The molecule has 138 valence electrons. The van der Waals surface area contributed by atoms with Crippen LogP contribution in [0.25, 0.3) is 5.69 Å². The zero-order valence-electron chi connectivity index (χ0n) is 15.1. The van der Waals surface area contributed by atoms with Gasteiger partial charge >= 0.3 is 5.97 Å². The number of aromatic carboxylic acids is 1. The highest BCUT2D eigenvalue weighted by atomic mass is 16.4. The number of para-hydroxylation sites is 1. The lowest BCUT2D eigenvalue weighted by molar-refractivity contribution is 0.0696. The predicted molar refractivity (Wildman–Crippen MR) is 99.7 cm³/mol. The molecule has 0 radical (unpaired) electrons. The third-order valence-electron chi connectivity index (χ3n) is 4.88. The van der Waals surface area contributed by atoms with Crippen LogP contribution < -0.4 is 0 Å². The first kappa shape index (κ1) is 17.4. The number of hydrogen-bond acceptors (Lipinski definition) is 5. The molecule has 1 N–H and O–H groups in total. The normalized spacial score (nSPS) is 17.3. The molecular weight excluding hydrogens is 342 g/mol. The zero-order chi connectivity index (χ0) is 18.8. The second-order valence-corrected chi connectivity index (χ2v) is 6.83. The molecule has 7 heteroatoms. The lowest BCUT2D eigenvalue weighted by atomic mass is 10.1. The topological polar surface area (TPSA) is 84.1 Å². The summed E-state index contributed by atoms with van der Waals surface area (Å²) >= 11 is 0. The first-order valence-corrected chi connectivity index (χ1v) is 9.00. The summed E-state index contributed by atoms with van der Waals surface area (Å²) < 4.78 is 1.64. The summed E-state index contributed by atoms with van der Waals surface area (Å²) in [5.41, 5.74) is 3.79. The van der Waals surface area contributed by atoms with Gasteiger partial charge < -0.3 is 5.11 Å². The number of rotatable bonds is 5. The van der Waals surface area contributed by atoms with Gasteiger partial charge in [-0.2, -0.15) is 5.10 Å². The molecule has 0 spiro atoms. The van der Waals surface area contributed by atoms with E-state index in [1.807, 2.05) is 25.4 Å². The van der Waals surface area contributed by atoms with Crippen molar-refractivity contribution in [3.8, 4) is 5.69 Å². The van der Waals surface area contributed by atoms with Crippen molar-refractivity contribution in [3.05, 3.63) is 71.6 Å². The Bertz CT molecular complexity index is 968. The molecule has 0 bridgehead atoms. The molecule has 3 aromatic rings. The number of carboxylic acids is 1. The number of benzene rings is 1. The van der Waals surface area contributed by atoms with Crippen molar-refractivity contribution in [2.45, 2.75) is 32.4 Å². The molecule has 27 heavy (non-hydrogen) atoms. The summed E-state index contributed by atoms with van der Waals surface area (Å²) in [5.74, 6) is -0.958. The second-order valence-electron chi connectivity index (χ2n) is 6.83. The van der Waals surface area contributed by atoms with Crippen LogP contribution in [-0.2, 0) is 6.54 Å². The lowest BCUT2D eigenvalue weighted by Crippen LogP contribution is -2.23. The van der Waals surface area contributed by atoms with Crippen molar-refractivity contribution in [2.75, 3.05) is 6.54 Å². The van der Waals surface area contributed by atoms with Gasteiger partial charge in [0.25, 0.3) is 0 Å². The van der Waals surface area contributed by atoms with E-state index in [-0.39, 0.29) is 11.6 Å². The highest BCUT2D eigenvalue weighted by Crippen LogP contribution is 2.32. The molecule has 7 nitrogen and oxygen atoms in total. The molecule has 1 saturated heterocycles. The minimum absolute atomic E-state index is 0.237. The summed E-state index contributed by atoms with van der Waals surface area (Å²) in [6.07, 6.45) is 9.51. The Labute approximate surface area is 157 Å². The van der Waals surface area contributed by atoms with Crippen LogP contribution in [0.2, 0.25) is 0 Å². The van der Waals surface area contributed by atoms with Gasteiger partial charge in [-0.15, -0.1) is 0 Å². The summed E-state index contributed by atoms with van der Waals surface area (Å²) in [5, 5.41) is 13.8. The summed E-state index contributed by atoms with van der Waals surface area (Å²) in [4.78, 5) is 22.7. The standard InChI is InChI=1S/C20H21N5O2/c1-14-9-21-11-17(23-14)19-7-4-8-24(19)12-15-10-22-25(13-15)18-6-3-2-5-16(18)20(26)27/h2-3,5-6,9-11,13,19H,4,7-8,12H2,1H3,(H,26,27)/t19-/m0/s1. The van der Waals surface area contributed by atoms with Crippen LogP contribution in [0.1, 0.15) is 46.2 Å². The first-order valence-electron chi connectivity index (χ1n) is 9.00. The largest absolute Gasteiger partial charge is 0.478 e. The third kappa shape index (κ3) is 3.59. The third-order valence-corrected chi connectivity index (χ3v) is 4.88. The van der Waals surface area contributed by atoms with Crippen LogP contribution in [0.5, 0.6) is 0 Å². The van der Waals surface area contributed by atoms with Crippen molar-refractivity contribution in [1.82, 2.24) is 24.6 Å². The zero-order valence-corrected chi connectivity index (χ0v) is 15.1. The SMILES string of the molecule is Cc1cncc([C@@H]2CCCN2Cc2cnn(-c3ccccc3C(=O)O)c2)n1. The highest BCUT2D eigenvalue weighted by molar-refractivity contribution is 5.91. The summed E-state index contributed by atoms with van der Waals surface area (Å²) in [7, 11) is 0. The van der Waals surface area contributed by atoms with E-state index < -0.39 is 5.97 Å². The van der Waals surface area contributed by atoms with Gasteiger partial charge in [0.15, 0.2) is 0 Å². The summed E-state index contributed by atoms with van der Waals surface area (Å²) in [6.45, 7) is 3.70. The Morgan fingerprint density at radius 1 is 1.26 bits per heavy atom. The molecule has 1 aliphatic rings. The van der Waals surface area contributed by atoms with Crippen LogP contribution in [0.15, 0.2) is 49.1 Å². The second kappa shape index (κ2) is 7.28. The van der Waals surface area contributed by atoms with E-state index in [4.69, 9.17) is 0 Å². The minimum Gasteiger partial charge on any atom is -0.478 e. The van der Waals surface area contributed by atoms with Crippen molar-refractivity contribution in [3.63, 3.8) is 0 Å². The van der Waals surface area contributed by atoms with Gasteiger partial charge in [-0.05, 0) is 38.4 Å². The smallest absolute Gasteiger partial charge is 0.337 e. The van der Waals surface area contributed by atoms with Gasteiger partial charge in [0.2, 0.25) is 0 Å². The highest BCUT2D eigenvalue weighted by Gasteiger charge is 2.27. The molecule has 1 fully saturated rings.